The molecule has 2 atom stereocenters. The molecule has 1 aliphatic carbocycles. The van der Waals surface area contributed by atoms with E-state index in [0.717, 1.165) is 18.5 Å². The fourth-order valence-electron chi connectivity index (χ4n) is 3.13. The van der Waals surface area contributed by atoms with Crippen LogP contribution in [0.5, 0.6) is 0 Å². The number of rotatable bonds is 3. The van der Waals surface area contributed by atoms with Gasteiger partial charge in [0.15, 0.2) is 0 Å². The van der Waals surface area contributed by atoms with Gasteiger partial charge in [-0.3, -0.25) is 14.7 Å². The van der Waals surface area contributed by atoms with Gasteiger partial charge in [0.05, 0.1) is 12.1 Å². The van der Waals surface area contributed by atoms with Crippen LogP contribution in [0.2, 0.25) is 0 Å². The highest BCUT2D eigenvalue weighted by Gasteiger charge is 2.39. The molecule has 2 unspecified atom stereocenters. The quantitative estimate of drug-likeness (QED) is 0.897. The van der Waals surface area contributed by atoms with Crippen LogP contribution in [0.4, 0.5) is 0 Å². The molecule has 2 aliphatic rings. The third-order valence-corrected chi connectivity index (χ3v) is 5.68. The van der Waals surface area contributed by atoms with Gasteiger partial charge in [0, 0.05) is 37.4 Å². The maximum atomic E-state index is 12.9. The summed E-state index contributed by atoms with van der Waals surface area (Å²) in [6, 6.07) is -0.300. The Labute approximate surface area is 134 Å². The molecular formula is C15H22N4O2S. The first-order valence-electron chi connectivity index (χ1n) is 7.76. The zero-order chi connectivity index (χ0) is 15.7. The number of aromatic amines is 1. The van der Waals surface area contributed by atoms with E-state index in [1.807, 2.05) is 13.1 Å². The van der Waals surface area contributed by atoms with E-state index in [2.05, 4.69) is 10.2 Å². The highest BCUT2D eigenvalue weighted by Crippen LogP contribution is 2.29. The summed E-state index contributed by atoms with van der Waals surface area (Å²) in [6.45, 7) is 2.62. The molecule has 2 amide bonds. The highest BCUT2D eigenvalue weighted by atomic mass is 32.2. The normalized spacial score (nSPS) is 24.2. The Kier molecular flexibility index (Phi) is 4.42. The van der Waals surface area contributed by atoms with E-state index in [9.17, 15) is 9.59 Å². The first-order valence-corrected chi connectivity index (χ1v) is 8.91. The molecular weight excluding hydrogens is 300 g/mol. The van der Waals surface area contributed by atoms with Gasteiger partial charge in [0.2, 0.25) is 11.8 Å². The Morgan fingerprint density at radius 3 is 3.14 bits per heavy atom. The fraction of sp³-hybridized carbons (Fsp3) is 0.667. The number of hydrogen-bond acceptors (Lipinski definition) is 4. The highest BCUT2D eigenvalue weighted by molar-refractivity contribution is 7.99. The number of carbonyl (C=O) groups excluding carboxylic acids is 2. The van der Waals surface area contributed by atoms with Gasteiger partial charge in [-0.1, -0.05) is 0 Å². The van der Waals surface area contributed by atoms with E-state index in [1.165, 1.54) is 5.56 Å². The second kappa shape index (κ2) is 6.32. The van der Waals surface area contributed by atoms with E-state index in [1.54, 1.807) is 28.6 Å². The first-order chi connectivity index (χ1) is 10.6. The van der Waals surface area contributed by atoms with Gasteiger partial charge in [0.1, 0.15) is 6.04 Å². The van der Waals surface area contributed by atoms with Crippen molar-refractivity contribution in [3.05, 3.63) is 17.5 Å². The zero-order valence-corrected chi connectivity index (χ0v) is 13.9. The number of nitrogens with one attached hydrogen (secondary N) is 1. The summed E-state index contributed by atoms with van der Waals surface area (Å²) in [7, 11) is 1.80. The predicted octanol–water partition coefficient (Wildman–Crippen LogP) is 0.894. The van der Waals surface area contributed by atoms with Crippen LogP contribution in [0.3, 0.4) is 0 Å². The number of carbonyl (C=O) groups is 2. The number of fused-ring (bicyclic) bond motifs is 1. The second-order valence-electron chi connectivity index (χ2n) is 5.99. The Balaban J connectivity index is 1.70. The van der Waals surface area contributed by atoms with Gasteiger partial charge >= 0.3 is 0 Å². The van der Waals surface area contributed by atoms with Gasteiger partial charge in [-0.15, -0.1) is 11.8 Å². The molecule has 6 nitrogen and oxygen atoms in total. The van der Waals surface area contributed by atoms with E-state index >= 15 is 0 Å². The molecule has 22 heavy (non-hydrogen) atoms. The maximum absolute atomic E-state index is 12.9. The van der Waals surface area contributed by atoms with Crippen LogP contribution in [-0.2, 0) is 22.4 Å². The van der Waals surface area contributed by atoms with Crippen LogP contribution in [-0.4, -0.2) is 63.1 Å². The third-order valence-electron chi connectivity index (χ3n) is 4.67. The third kappa shape index (κ3) is 2.74. The first kappa shape index (κ1) is 15.4. The molecule has 1 saturated heterocycles. The van der Waals surface area contributed by atoms with Crippen LogP contribution in [0.25, 0.3) is 0 Å². The molecule has 0 bridgehead atoms. The summed E-state index contributed by atoms with van der Waals surface area (Å²) < 4.78 is 0. The van der Waals surface area contributed by atoms with Crippen molar-refractivity contribution in [2.45, 2.75) is 32.2 Å². The number of aryl methyl sites for hydroxylation is 1. The number of H-pyrrole nitrogens is 1. The lowest BCUT2D eigenvalue weighted by Gasteiger charge is -2.31. The monoisotopic (exact) mass is 322 g/mol. The van der Waals surface area contributed by atoms with Crippen LogP contribution >= 0.6 is 11.8 Å². The summed E-state index contributed by atoms with van der Waals surface area (Å²) in [4.78, 5) is 28.8. The fourth-order valence-corrected chi connectivity index (χ4v) is 4.28. The smallest absolute Gasteiger partial charge is 0.245 e. The number of likely N-dealkylation sites (N-methyl/N-ethyl adjacent to an activating group) is 1. The zero-order valence-electron chi connectivity index (χ0n) is 13.0. The molecule has 1 aromatic rings. The Bertz CT molecular complexity index is 574. The number of amides is 2. The summed E-state index contributed by atoms with van der Waals surface area (Å²) in [5, 5.41) is 7.05. The molecule has 7 heteroatoms. The number of aromatic nitrogens is 2. The van der Waals surface area contributed by atoms with Gasteiger partial charge in [-0.25, -0.2) is 0 Å². The average molecular weight is 322 g/mol. The standard InChI is InChI=1S/C15H22N4O2S/c1-3-18(2)15(21)13-8-22-9-19(13)14(20)10-4-5-11-7-16-17-12(11)6-10/h7,10,13H,3-6,8-9H2,1-2H3,(H,16,17). The molecule has 120 valence electrons. The van der Waals surface area contributed by atoms with Crippen molar-refractivity contribution in [2.75, 3.05) is 25.2 Å². The van der Waals surface area contributed by atoms with Crippen molar-refractivity contribution in [3.8, 4) is 0 Å². The molecule has 1 aromatic heterocycles. The SMILES string of the molecule is CCN(C)C(=O)C1CSCN1C(=O)C1CCc2cn[nH]c2C1. The molecule has 0 aromatic carbocycles. The minimum Gasteiger partial charge on any atom is -0.344 e. The largest absolute Gasteiger partial charge is 0.344 e. The Morgan fingerprint density at radius 2 is 2.36 bits per heavy atom. The van der Waals surface area contributed by atoms with Crippen molar-refractivity contribution in [1.29, 1.82) is 0 Å². The molecule has 0 radical (unpaired) electrons. The second-order valence-corrected chi connectivity index (χ2v) is 6.99. The van der Waals surface area contributed by atoms with Gasteiger partial charge < -0.3 is 9.80 Å². The van der Waals surface area contributed by atoms with Crippen LogP contribution in [0.15, 0.2) is 6.20 Å². The molecule has 1 fully saturated rings. The lowest BCUT2D eigenvalue weighted by Crippen LogP contribution is -2.50. The average Bonchev–Trinajstić information content (AvgIpc) is 3.20. The Morgan fingerprint density at radius 1 is 1.55 bits per heavy atom. The Hall–Kier alpha value is -1.50. The molecule has 3 rings (SSSR count). The van der Waals surface area contributed by atoms with E-state index < -0.39 is 0 Å². The van der Waals surface area contributed by atoms with E-state index in [0.29, 0.717) is 24.6 Å². The summed E-state index contributed by atoms with van der Waals surface area (Å²) in [6.07, 6.45) is 4.29. The predicted molar refractivity (Wildman–Crippen MR) is 85.4 cm³/mol. The van der Waals surface area contributed by atoms with E-state index in [4.69, 9.17) is 0 Å². The summed E-state index contributed by atoms with van der Waals surface area (Å²) >= 11 is 1.66. The van der Waals surface area contributed by atoms with Crippen molar-refractivity contribution in [3.63, 3.8) is 0 Å². The molecule has 1 aliphatic heterocycles. The van der Waals surface area contributed by atoms with Crippen molar-refractivity contribution < 1.29 is 9.59 Å². The van der Waals surface area contributed by atoms with E-state index in [-0.39, 0.29) is 23.8 Å². The summed E-state index contributed by atoms with van der Waals surface area (Å²) in [5.41, 5.74) is 2.29. The van der Waals surface area contributed by atoms with Crippen LogP contribution in [0, 0.1) is 5.92 Å². The van der Waals surface area contributed by atoms with Crippen LogP contribution in [0.1, 0.15) is 24.6 Å². The molecule has 1 N–H and O–H groups in total. The van der Waals surface area contributed by atoms with Gasteiger partial charge in [-0.2, -0.15) is 5.10 Å². The lowest BCUT2D eigenvalue weighted by atomic mass is 9.87. The minimum absolute atomic E-state index is 0.0334. The number of nitrogens with zero attached hydrogens (tertiary/aromatic N) is 3. The van der Waals surface area contributed by atoms with Crippen molar-refractivity contribution in [2.24, 2.45) is 5.92 Å². The minimum atomic E-state index is -0.300. The number of thioether (sulfide) groups is 1. The molecule has 0 spiro atoms. The van der Waals surface area contributed by atoms with Gasteiger partial charge in [0.25, 0.3) is 0 Å². The van der Waals surface area contributed by atoms with Crippen molar-refractivity contribution >= 4 is 23.6 Å². The van der Waals surface area contributed by atoms with Crippen LogP contribution < -0.4 is 0 Å². The topological polar surface area (TPSA) is 69.3 Å². The lowest BCUT2D eigenvalue weighted by molar-refractivity contribution is -0.145. The van der Waals surface area contributed by atoms with Crippen molar-refractivity contribution in [1.82, 2.24) is 20.0 Å². The molecule has 2 heterocycles. The van der Waals surface area contributed by atoms with Gasteiger partial charge in [-0.05, 0) is 25.3 Å². The summed E-state index contributed by atoms with van der Waals surface area (Å²) in [5.74, 6) is 1.47. The number of hydrogen-bond donors (Lipinski definition) is 1. The maximum Gasteiger partial charge on any atom is 0.245 e. The molecule has 0 saturated carbocycles.